The number of amides is 3. The summed E-state index contributed by atoms with van der Waals surface area (Å²) in [7, 11) is 3.47. The van der Waals surface area contributed by atoms with Crippen LogP contribution >= 0.6 is 0 Å². The fourth-order valence-corrected chi connectivity index (χ4v) is 5.13. The van der Waals surface area contributed by atoms with Gasteiger partial charge in [0, 0.05) is 63.3 Å². The van der Waals surface area contributed by atoms with Gasteiger partial charge in [0.25, 0.3) is 5.91 Å². The van der Waals surface area contributed by atoms with Gasteiger partial charge in [0.15, 0.2) is 0 Å². The first-order valence-corrected chi connectivity index (χ1v) is 14.5. The van der Waals surface area contributed by atoms with E-state index in [0.717, 1.165) is 24.3 Å². The van der Waals surface area contributed by atoms with E-state index < -0.39 is 0 Å². The largest absolute Gasteiger partial charge is 0.491 e. The number of carbonyl (C=O) groups is 2. The molecular formula is C33H43N5O4. The van der Waals surface area contributed by atoms with Crippen molar-refractivity contribution in [2.75, 3.05) is 39.2 Å². The van der Waals surface area contributed by atoms with Gasteiger partial charge in [-0.15, -0.1) is 0 Å². The van der Waals surface area contributed by atoms with Crippen LogP contribution in [0.25, 0.3) is 11.3 Å². The van der Waals surface area contributed by atoms with Crippen molar-refractivity contribution >= 4 is 17.6 Å². The van der Waals surface area contributed by atoms with Crippen molar-refractivity contribution in [1.29, 1.82) is 0 Å². The third-order valence-corrected chi connectivity index (χ3v) is 7.55. The number of pyridine rings is 1. The van der Waals surface area contributed by atoms with E-state index in [2.05, 4.69) is 58.6 Å². The van der Waals surface area contributed by atoms with Crippen LogP contribution < -0.4 is 15.4 Å². The lowest BCUT2D eigenvalue weighted by atomic mass is 10.0. The summed E-state index contributed by atoms with van der Waals surface area (Å²) in [6.45, 7) is 10.4. The lowest BCUT2D eigenvalue weighted by molar-refractivity contribution is 0.00922. The number of ether oxygens (including phenoxy) is 2. The summed E-state index contributed by atoms with van der Waals surface area (Å²) in [5.41, 5.74) is 4.14. The van der Waals surface area contributed by atoms with Crippen LogP contribution in [0, 0.1) is 5.92 Å². The summed E-state index contributed by atoms with van der Waals surface area (Å²) in [4.78, 5) is 34.4. The highest BCUT2D eigenvalue weighted by Crippen LogP contribution is 2.27. The minimum Gasteiger partial charge on any atom is -0.491 e. The van der Waals surface area contributed by atoms with Gasteiger partial charge in [-0.1, -0.05) is 37.3 Å². The van der Waals surface area contributed by atoms with Crippen molar-refractivity contribution < 1.29 is 19.1 Å². The normalized spacial score (nSPS) is 20.2. The Kier molecular flexibility index (Phi) is 10.5. The standard InChI is InChI=1S/C33H43N5O4/c1-22(2)35-33(40)36-27-14-15-30-28(17-27)32(39)37(5)20-31(41-6)23(3)18-38(24(4)21-42-30)19-25-10-12-26(13-11-25)29-9-7-8-16-34-29/h7-17,22-24,31H,18-21H2,1-6H3,(H2,35,36,40)/t23-,24-,31+/m0/s1. The molecule has 2 N–H and O–H groups in total. The lowest BCUT2D eigenvalue weighted by Gasteiger charge is -2.36. The Morgan fingerprint density at radius 3 is 2.52 bits per heavy atom. The first-order chi connectivity index (χ1) is 20.1. The first-order valence-electron chi connectivity index (χ1n) is 14.5. The number of nitrogens with zero attached hydrogens (tertiary/aromatic N) is 3. The highest BCUT2D eigenvalue weighted by molar-refractivity contribution is 5.99. The molecule has 0 aliphatic carbocycles. The molecule has 1 aromatic heterocycles. The minimum absolute atomic E-state index is 0.0124. The molecule has 0 unspecified atom stereocenters. The minimum atomic E-state index is -0.328. The van der Waals surface area contributed by atoms with Crippen molar-refractivity contribution in [2.24, 2.45) is 5.92 Å². The smallest absolute Gasteiger partial charge is 0.319 e. The SMILES string of the molecule is CO[C@@H]1CN(C)C(=O)c2cc(NC(=O)NC(C)C)ccc2OC[C@H](C)N(Cc2ccc(-c3ccccn3)cc2)C[C@@H]1C. The molecule has 2 heterocycles. The molecule has 9 heteroatoms. The number of nitrogens with one attached hydrogen (secondary N) is 2. The van der Waals surface area contributed by atoms with E-state index in [1.54, 1.807) is 43.5 Å². The second-order valence-corrected chi connectivity index (χ2v) is 11.4. The van der Waals surface area contributed by atoms with Gasteiger partial charge < -0.3 is 25.0 Å². The van der Waals surface area contributed by atoms with E-state index in [0.29, 0.717) is 30.2 Å². The van der Waals surface area contributed by atoms with Gasteiger partial charge in [0.2, 0.25) is 0 Å². The molecule has 0 spiro atoms. The second-order valence-electron chi connectivity index (χ2n) is 11.4. The maximum atomic E-state index is 13.6. The molecule has 9 nitrogen and oxygen atoms in total. The van der Waals surface area contributed by atoms with E-state index in [4.69, 9.17) is 9.47 Å². The van der Waals surface area contributed by atoms with Gasteiger partial charge in [0.05, 0.1) is 17.4 Å². The monoisotopic (exact) mass is 573 g/mol. The highest BCUT2D eigenvalue weighted by atomic mass is 16.5. The molecule has 4 rings (SSSR count). The number of hydrogen-bond acceptors (Lipinski definition) is 6. The number of methoxy groups -OCH3 is 1. The van der Waals surface area contributed by atoms with Gasteiger partial charge in [0.1, 0.15) is 12.4 Å². The Bertz CT molecular complexity index is 1330. The van der Waals surface area contributed by atoms with E-state index in [-0.39, 0.29) is 36.0 Å². The number of benzene rings is 2. The summed E-state index contributed by atoms with van der Waals surface area (Å²) in [6.07, 6.45) is 1.64. The third kappa shape index (κ3) is 8.08. The molecule has 0 bridgehead atoms. The van der Waals surface area contributed by atoms with Gasteiger partial charge in [-0.2, -0.15) is 0 Å². The van der Waals surface area contributed by atoms with Crippen molar-refractivity contribution in [3.63, 3.8) is 0 Å². The number of likely N-dealkylation sites (N-methyl/N-ethyl adjacent to an activating group) is 1. The predicted octanol–water partition coefficient (Wildman–Crippen LogP) is 5.28. The van der Waals surface area contributed by atoms with E-state index >= 15 is 0 Å². The van der Waals surface area contributed by atoms with Crippen molar-refractivity contribution in [3.05, 3.63) is 78.0 Å². The van der Waals surface area contributed by atoms with E-state index in [1.807, 2.05) is 32.0 Å². The number of aromatic nitrogens is 1. The maximum absolute atomic E-state index is 13.6. The Balaban J connectivity index is 1.58. The third-order valence-electron chi connectivity index (χ3n) is 7.55. The highest BCUT2D eigenvalue weighted by Gasteiger charge is 2.28. The molecule has 224 valence electrons. The number of hydrogen-bond donors (Lipinski definition) is 2. The Morgan fingerprint density at radius 1 is 1.10 bits per heavy atom. The zero-order chi connectivity index (χ0) is 30.2. The molecule has 3 atom stereocenters. The maximum Gasteiger partial charge on any atom is 0.319 e. The van der Waals surface area contributed by atoms with E-state index in [9.17, 15) is 9.59 Å². The molecule has 1 aliphatic heterocycles. The average Bonchev–Trinajstić information content (AvgIpc) is 2.98. The van der Waals surface area contributed by atoms with Crippen LogP contribution in [0.1, 0.15) is 43.6 Å². The molecule has 3 aromatic rings. The van der Waals surface area contributed by atoms with Crippen LogP contribution in [-0.2, 0) is 11.3 Å². The second kappa shape index (κ2) is 14.3. The van der Waals surface area contributed by atoms with Gasteiger partial charge >= 0.3 is 6.03 Å². The van der Waals surface area contributed by atoms with Crippen molar-refractivity contribution in [2.45, 2.75) is 52.4 Å². The molecule has 0 fully saturated rings. The first kappa shape index (κ1) is 31.0. The average molecular weight is 574 g/mol. The van der Waals surface area contributed by atoms with Gasteiger partial charge in [-0.3, -0.25) is 14.7 Å². The Hall–Kier alpha value is -3.95. The molecule has 0 saturated carbocycles. The number of fused-ring (bicyclic) bond motifs is 1. The van der Waals surface area contributed by atoms with Crippen LogP contribution in [0.3, 0.4) is 0 Å². The van der Waals surface area contributed by atoms with Crippen LogP contribution in [0.15, 0.2) is 66.9 Å². The summed E-state index contributed by atoms with van der Waals surface area (Å²) in [6, 6.07) is 19.3. The molecule has 3 amide bonds. The topological polar surface area (TPSA) is 96.0 Å². The number of carbonyl (C=O) groups excluding carboxylic acids is 2. The predicted molar refractivity (Wildman–Crippen MR) is 166 cm³/mol. The molecule has 2 aromatic carbocycles. The molecule has 0 radical (unpaired) electrons. The van der Waals surface area contributed by atoms with Crippen molar-refractivity contribution in [1.82, 2.24) is 20.1 Å². The number of urea groups is 1. The molecule has 42 heavy (non-hydrogen) atoms. The lowest BCUT2D eigenvalue weighted by Crippen LogP contribution is -2.46. The quantitative estimate of drug-likeness (QED) is 0.416. The van der Waals surface area contributed by atoms with Crippen molar-refractivity contribution in [3.8, 4) is 17.0 Å². The number of rotatable bonds is 6. The molecular weight excluding hydrogens is 530 g/mol. The summed E-state index contributed by atoms with van der Waals surface area (Å²) in [5, 5.41) is 5.62. The zero-order valence-corrected chi connectivity index (χ0v) is 25.5. The van der Waals surface area contributed by atoms with E-state index in [1.165, 1.54) is 5.56 Å². The van der Waals surface area contributed by atoms with Gasteiger partial charge in [-0.25, -0.2) is 4.79 Å². The summed E-state index contributed by atoms with van der Waals surface area (Å²) >= 11 is 0. The Labute approximate surface area is 249 Å². The van der Waals surface area contributed by atoms with Crippen LogP contribution in [0.4, 0.5) is 10.5 Å². The van der Waals surface area contributed by atoms with Crippen LogP contribution in [-0.4, -0.2) is 78.8 Å². The molecule has 0 saturated heterocycles. The van der Waals surface area contributed by atoms with Gasteiger partial charge in [-0.05, 0) is 62.6 Å². The van der Waals surface area contributed by atoms with Crippen LogP contribution in [0.2, 0.25) is 0 Å². The van der Waals surface area contributed by atoms with Crippen LogP contribution in [0.5, 0.6) is 5.75 Å². The number of anilines is 1. The fourth-order valence-electron chi connectivity index (χ4n) is 5.13. The summed E-state index contributed by atoms with van der Waals surface area (Å²) < 4.78 is 12.2. The fraction of sp³-hybridized carbons (Fsp3) is 0.424. The summed E-state index contributed by atoms with van der Waals surface area (Å²) in [5.74, 6) is 0.438. The Morgan fingerprint density at radius 2 is 1.86 bits per heavy atom. The zero-order valence-electron chi connectivity index (χ0n) is 25.5. The molecule has 1 aliphatic rings.